The Labute approximate surface area is 68.9 Å². The van der Waals surface area contributed by atoms with E-state index in [1.165, 1.54) is 0 Å². The van der Waals surface area contributed by atoms with E-state index >= 15 is 0 Å². The fourth-order valence-corrected chi connectivity index (χ4v) is 1.06. The Hall–Kier alpha value is 0.440. The molecule has 1 nitrogen and oxygen atoms in total. The largest absolute Gasteiger partial charge is 0.302 e. The Morgan fingerprint density at radius 3 is 2.67 bits per heavy atom. The predicted molar refractivity (Wildman–Crippen MR) is 43.3 cm³/mol. The summed E-state index contributed by atoms with van der Waals surface area (Å²) in [6, 6.07) is 0. The van der Waals surface area contributed by atoms with Crippen LogP contribution in [0.5, 0.6) is 0 Å². The summed E-state index contributed by atoms with van der Waals surface area (Å²) in [5.74, 6) is 0. The lowest BCUT2D eigenvalue weighted by atomic mass is 10.2. The average Bonchev–Trinajstić information content (AvgIpc) is 1.87. The molecule has 2 unspecified atom stereocenters. The summed E-state index contributed by atoms with van der Waals surface area (Å²) >= 11 is 8.90. The van der Waals surface area contributed by atoms with Gasteiger partial charge in [0.05, 0.1) is 10.2 Å². The predicted octanol–water partition coefficient (Wildman–Crippen LogP) is 2.36. The van der Waals surface area contributed by atoms with E-state index in [9.17, 15) is 4.79 Å². The summed E-state index contributed by atoms with van der Waals surface area (Å²) in [6.45, 7) is 2.04. The third-order valence-electron chi connectivity index (χ3n) is 1.04. The fourth-order valence-electron chi connectivity index (χ4n) is 0.520. The maximum absolute atomic E-state index is 10.1. The molecule has 0 saturated heterocycles. The number of hydrogen-bond acceptors (Lipinski definition) is 1. The Morgan fingerprint density at radius 2 is 2.33 bits per heavy atom. The summed E-state index contributed by atoms with van der Waals surface area (Å²) in [6.07, 6.45) is 2.73. The van der Waals surface area contributed by atoms with E-state index in [0.29, 0.717) is 0 Å². The van der Waals surface area contributed by atoms with Gasteiger partial charge >= 0.3 is 0 Å². The number of aldehydes is 1. The van der Waals surface area contributed by atoms with Crippen LogP contribution in [0.1, 0.15) is 19.8 Å². The lowest BCUT2D eigenvalue weighted by molar-refractivity contribution is -0.107. The SMILES string of the molecule is CCCC(Cl)C(Br)C=O. The summed E-state index contributed by atoms with van der Waals surface area (Å²) in [7, 11) is 0. The van der Waals surface area contributed by atoms with Crippen molar-refractivity contribution in [3.63, 3.8) is 0 Å². The summed E-state index contributed by atoms with van der Waals surface area (Å²) in [5.41, 5.74) is 0. The van der Waals surface area contributed by atoms with Crippen molar-refractivity contribution < 1.29 is 4.79 Å². The number of halogens is 2. The standard InChI is InChI=1S/C6H10BrClO/c1-2-3-6(8)5(7)4-9/h4-6H,2-3H2,1H3. The van der Waals surface area contributed by atoms with Gasteiger partial charge in [0.25, 0.3) is 0 Å². The quantitative estimate of drug-likeness (QED) is 0.518. The lowest BCUT2D eigenvalue weighted by Crippen LogP contribution is -2.14. The van der Waals surface area contributed by atoms with Crippen LogP contribution in [0.4, 0.5) is 0 Å². The van der Waals surface area contributed by atoms with Crippen LogP contribution in [0.25, 0.3) is 0 Å². The molecule has 0 heterocycles. The second-order valence-electron chi connectivity index (χ2n) is 1.89. The first-order valence-electron chi connectivity index (χ1n) is 2.95. The first kappa shape index (κ1) is 9.44. The first-order chi connectivity index (χ1) is 4.22. The second-order valence-corrected chi connectivity index (χ2v) is 3.50. The molecular formula is C6H10BrClO. The van der Waals surface area contributed by atoms with Gasteiger partial charge in [0, 0.05) is 0 Å². The maximum atomic E-state index is 10.1. The van der Waals surface area contributed by atoms with Crippen LogP contribution in [0, 0.1) is 0 Å². The summed E-state index contributed by atoms with van der Waals surface area (Å²) < 4.78 is 0. The molecule has 2 atom stereocenters. The fraction of sp³-hybridized carbons (Fsp3) is 0.833. The van der Waals surface area contributed by atoms with Crippen molar-refractivity contribution in [3.8, 4) is 0 Å². The van der Waals surface area contributed by atoms with Crippen molar-refractivity contribution in [3.05, 3.63) is 0 Å². The molecule has 9 heavy (non-hydrogen) atoms. The van der Waals surface area contributed by atoms with E-state index in [1.54, 1.807) is 0 Å². The van der Waals surface area contributed by atoms with Gasteiger partial charge in [-0.1, -0.05) is 29.3 Å². The Kier molecular flexibility index (Phi) is 5.50. The zero-order valence-electron chi connectivity index (χ0n) is 5.31. The monoisotopic (exact) mass is 212 g/mol. The zero-order chi connectivity index (χ0) is 7.28. The molecule has 0 aliphatic rings. The maximum Gasteiger partial charge on any atom is 0.135 e. The normalized spacial score (nSPS) is 16.8. The van der Waals surface area contributed by atoms with Crippen LogP contribution < -0.4 is 0 Å². The molecule has 0 spiro atoms. The lowest BCUT2D eigenvalue weighted by Gasteiger charge is -2.07. The molecule has 54 valence electrons. The Balaban J connectivity index is 3.44. The van der Waals surface area contributed by atoms with Crippen molar-refractivity contribution in [2.75, 3.05) is 0 Å². The van der Waals surface area contributed by atoms with E-state index in [4.69, 9.17) is 11.6 Å². The molecule has 0 rings (SSSR count). The van der Waals surface area contributed by atoms with Crippen molar-refractivity contribution in [2.45, 2.75) is 30.0 Å². The van der Waals surface area contributed by atoms with Crippen molar-refractivity contribution >= 4 is 33.8 Å². The highest BCUT2D eigenvalue weighted by atomic mass is 79.9. The third-order valence-corrected chi connectivity index (χ3v) is 2.69. The topological polar surface area (TPSA) is 17.1 Å². The molecule has 0 amide bonds. The van der Waals surface area contributed by atoms with Gasteiger partial charge in [-0.2, -0.15) is 0 Å². The van der Waals surface area contributed by atoms with Crippen molar-refractivity contribution in [1.29, 1.82) is 0 Å². The van der Waals surface area contributed by atoms with E-state index in [-0.39, 0.29) is 10.2 Å². The van der Waals surface area contributed by atoms with Crippen LogP contribution in [0.2, 0.25) is 0 Å². The number of carbonyl (C=O) groups is 1. The molecule has 0 aliphatic carbocycles. The molecule has 0 aromatic carbocycles. The molecule has 0 aromatic rings. The minimum atomic E-state index is -0.181. The molecule has 0 saturated carbocycles. The van der Waals surface area contributed by atoms with E-state index in [2.05, 4.69) is 15.9 Å². The number of hydrogen-bond donors (Lipinski definition) is 0. The second kappa shape index (κ2) is 5.24. The van der Waals surface area contributed by atoms with Gasteiger partial charge in [-0.3, -0.25) is 0 Å². The Bertz CT molecular complexity index is 87.1. The molecule has 0 aromatic heterocycles. The smallest absolute Gasteiger partial charge is 0.135 e. The van der Waals surface area contributed by atoms with Crippen molar-refractivity contribution in [1.82, 2.24) is 0 Å². The highest BCUT2D eigenvalue weighted by molar-refractivity contribution is 9.10. The molecule has 3 heteroatoms. The highest BCUT2D eigenvalue weighted by Gasteiger charge is 2.12. The first-order valence-corrected chi connectivity index (χ1v) is 4.31. The van der Waals surface area contributed by atoms with Gasteiger partial charge in [0.2, 0.25) is 0 Å². The van der Waals surface area contributed by atoms with Crippen LogP contribution in [-0.2, 0) is 4.79 Å². The average molecular weight is 214 g/mol. The number of rotatable bonds is 4. The van der Waals surface area contributed by atoms with E-state index in [1.807, 2.05) is 6.92 Å². The van der Waals surface area contributed by atoms with Crippen molar-refractivity contribution in [2.24, 2.45) is 0 Å². The zero-order valence-corrected chi connectivity index (χ0v) is 7.65. The number of alkyl halides is 2. The van der Waals surface area contributed by atoms with Gasteiger partial charge in [-0.15, -0.1) is 11.6 Å². The molecule has 0 bridgehead atoms. The Morgan fingerprint density at radius 1 is 1.78 bits per heavy atom. The minimum Gasteiger partial charge on any atom is -0.302 e. The molecule has 0 radical (unpaired) electrons. The van der Waals surface area contributed by atoms with E-state index in [0.717, 1.165) is 19.1 Å². The van der Waals surface area contributed by atoms with Crippen LogP contribution >= 0.6 is 27.5 Å². The summed E-state index contributed by atoms with van der Waals surface area (Å²) in [5, 5.41) is -0.0486. The summed E-state index contributed by atoms with van der Waals surface area (Å²) in [4.78, 5) is 9.91. The van der Waals surface area contributed by atoms with Gasteiger partial charge in [-0.05, 0) is 6.42 Å². The molecule has 0 aliphatic heterocycles. The minimum absolute atomic E-state index is 0.0486. The van der Waals surface area contributed by atoms with Gasteiger partial charge in [0.1, 0.15) is 6.29 Å². The van der Waals surface area contributed by atoms with Crippen LogP contribution in [-0.4, -0.2) is 16.5 Å². The van der Waals surface area contributed by atoms with E-state index < -0.39 is 0 Å². The van der Waals surface area contributed by atoms with Gasteiger partial charge < -0.3 is 4.79 Å². The molecule has 0 fully saturated rings. The van der Waals surface area contributed by atoms with Gasteiger partial charge in [0.15, 0.2) is 0 Å². The van der Waals surface area contributed by atoms with Crippen LogP contribution in [0.3, 0.4) is 0 Å². The molecule has 0 N–H and O–H groups in total. The van der Waals surface area contributed by atoms with Crippen LogP contribution in [0.15, 0.2) is 0 Å². The highest BCUT2D eigenvalue weighted by Crippen LogP contribution is 2.14. The molecular weight excluding hydrogens is 203 g/mol. The number of carbonyl (C=O) groups excluding carboxylic acids is 1. The van der Waals surface area contributed by atoms with Gasteiger partial charge in [-0.25, -0.2) is 0 Å². The third kappa shape index (κ3) is 3.93.